The minimum absolute atomic E-state index is 0.118. The predicted octanol–water partition coefficient (Wildman–Crippen LogP) is 5.05. The van der Waals surface area contributed by atoms with Gasteiger partial charge < -0.3 is 0 Å². The zero-order valence-corrected chi connectivity index (χ0v) is 20.0. The largest absolute Gasteiger partial charge is 0.271 e. The smallest absolute Gasteiger partial charge is 0.264 e. The van der Waals surface area contributed by atoms with E-state index in [4.69, 9.17) is 0 Å². The Labute approximate surface area is 197 Å². The average molecular weight is 471 g/mol. The lowest BCUT2D eigenvalue weighted by atomic mass is 10.00. The third kappa shape index (κ3) is 7.96. The lowest BCUT2D eigenvalue weighted by Gasteiger charge is -2.23. The van der Waals surface area contributed by atoms with Crippen LogP contribution in [0, 0.1) is 0 Å². The van der Waals surface area contributed by atoms with Gasteiger partial charge in [-0.1, -0.05) is 63.1 Å². The Morgan fingerprint density at radius 1 is 0.879 bits per heavy atom. The molecule has 7 nitrogen and oxygen atoms in total. The van der Waals surface area contributed by atoms with E-state index in [1.807, 2.05) is 0 Å². The number of pyridine rings is 1. The first-order chi connectivity index (χ1) is 16.1. The van der Waals surface area contributed by atoms with Crippen molar-refractivity contribution < 1.29 is 13.2 Å². The minimum atomic E-state index is -3.94. The van der Waals surface area contributed by atoms with Crippen LogP contribution < -0.4 is 9.73 Å². The van der Waals surface area contributed by atoms with Crippen molar-refractivity contribution in [1.82, 2.24) is 10.4 Å². The van der Waals surface area contributed by atoms with Crippen LogP contribution >= 0.6 is 0 Å². The van der Waals surface area contributed by atoms with Crippen molar-refractivity contribution in [2.24, 2.45) is 5.10 Å². The fourth-order valence-electron chi connectivity index (χ4n) is 3.98. The third-order valence-electron chi connectivity index (χ3n) is 5.82. The maximum absolute atomic E-state index is 13.3. The first-order valence-corrected chi connectivity index (χ1v) is 13.3. The molecule has 1 aliphatic carbocycles. The van der Waals surface area contributed by atoms with E-state index in [9.17, 15) is 13.2 Å². The van der Waals surface area contributed by atoms with Crippen LogP contribution in [0.15, 0.2) is 64.9 Å². The molecule has 0 saturated heterocycles. The number of benzene rings is 1. The van der Waals surface area contributed by atoms with Crippen LogP contribution in [0.4, 0.5) is 5.69 Å². The van der Waals surface area contributed by atoms with Gasteiger partial charge in [0, 0.05) is 11.9 Å². The van der Waals surface area contributed by atoms with E-state index in [0.29, 0.717) is 5.69 Å². The third-order valence-corrected chi connectivity index (χ3v) is 7.61. The summed E-state index contributed by atoms with van der Waals surface area (Å²) in [5, 5.41) is 4.39. The van der Waals surface area contributed by atoms with Crippen molar-refractivity contribution in [1.29, 1.82) is 0 Å². The molecular weight excluding hydrogens is 436 g/mol. The molecule has 0 atom stereocenters. The first-order valence-electron chi connectivity index (χ1n) is 11.9. The molecule has 1 saturated carbocycles. The SMILES string of the molecule is O=C(CN(c1cccnc1)S(=O)(=O)c1ccccc1)NN=C1CCCCCCCCCCC1. The van der Waals surface area contributed by atoms with E-state index in [-0.39, 0.29) is 11.4 Å². The Morgan fingerprint density at radius 2 is 1.48 bits per heavy atom. The number of aromatic nitrogens is 1. The van der Waals surface area contributed by atoms with Crippen LogP contribution in [0.5, 0.6) is 0 Å². The molecule has 0 bridgehead atoms. The molecule has 0 aliphatic heterocycles. The van der Waals surface area contributed by atoms with Gasteiger partial charge in [-0.3, -0.25) is 14.1 Å². The van der Waals surface area contributed by atoms with Gasteiger partial charge in [-0.15, -0.1) is 0 Å². The second-order valence-corrected chi connectivity index (χ2v) is 10.3. The topological polar surface area (TPSA) is 91.7 Å². The van der Waals surface area contributed by atoms with Gasteiger partial charge in [0.25, 0.3) is 15.9 Å². The quantitative estimate of drug-likeness (QED) is 0.598. The number of amides is 1. The van der Waals surface area contributed by atoms with Crippen LogP contribution in [0.3, 0.4) is 0 Å². The summed E-state index contributed by atoms with van der Waals surface area (Å²) < 4.78 is 27.6. The van der Waals surface area contributed by atoms with Crippen LogP contribution in [-0.4, -0.2) is 31.6 Å². The monoisotopic (exact) mass is 470 g/mol. The maximum Gasteiger partial charge on any atom is 0.264 e. The van der Waals surface area contributed by atoms with Gasteiger partial charge in [0.05, 0.1) is 16.8 Å². The van der Waals surface area contributed by atoms with E-state index in [2.05, 4.69) is 15.5 Å². The Bertz CT molecular complexity index is 981. The van der Waals surface area contributed by atoms with Gasteiger partial charge in [-0.05, 0) is 49.9 Å². The summed E-state index contributed by atoms with van der Waals surface area (Å²) in [6.45, 7) is -0.375. The number of carbonyl (C=O) groups excluding carboxylic acids is 1. The number of anilines is 1. The number of hydrogen-bond acceptors (Lipinski definition) is 5. The number of hydrazone groups is 1. The summed E-state index contributed by atoms with van der Waals surface area (Å²) in [6, 6.07) is 11.4. The summed E-state index contributed by atoms with van der Waals surface area (Å²) >= 11 is 0. The van der Waals surface area contributed by atoms with Gasteiger partial charge in [0.2, 0.25) is 0 Å². The van der Waals surface area contributed by atoms with E-state index in [0.717, 1.165) is 35.7 Å². The van der Waals surface area contributed by atoms with Crippen molar-refractivity contribution in [3.63, 3.8) is 0 Å². The number of carbonyl (C=O) groups is 1. The molecule has 0 unspecified atom stereocenters. The highest BCUT2D eigenvalue weighted by Gasteiger charge is 2.27. The van der Waals surface area contributed by atoms with E-state index < -0.39 is 15.9 Å². The second-order valence-electron chi connectivity index (χ2n) is 8.43. The van der Waals surface area contributed by atoms with Gasteiger partial charge in [-0.25, -0.2) is 13.8 Å². The molecule has 1 amide bonds. The van der Waals surface area contributed by atoms with Gasteiger partial charge in [-0.2, -0.15) is 5.10 Å². The Balaban J connectivity index is 1.71. The molecule has 1 N–H and O–H groups in total. The number of rotatable bonds is 6. The molecule has 33 heavy (non-hydrogen) atoms. The van der Waals surface area contributed by atoms with Crippen molar-refractivity contribution >= 4 is 27.3 Å². The first kappa shape index (κ1) is 24.9. The van der Waals surface area contributed by atoms with Gasteiger partial charge >= 0.3 is 0 Å². The Morgan fingerprint density at radius 3 is 2.06 bits per heavy atom. The number of nitrogens with one attached hydrogen (secondary N) is 1. The van der Waals surface area contributed by atoms with E-state index in [1.165, 1.54) is 63.3 Å². The summed E-state index contributed by atoms with van der Waals surface area (Å²) in [7, 11) is -3.94. The van der Waals surface area contributed by atoms with Crippen molar-refractivity contribution in [2.75, 3.05) is 10.8 Å². The Hall–Kier alpha value is -2.74. The predicted molar refractivity (Wildman–Crippen MR) is 132 cm³/mol. The van der Waals surface area contributed by atoms with E-state index in [1.54, 1.807) is 36.5 Å². The summed E-state index contributed by atoms with van der Waals surface area (Å²) in [4.78, 5) is 16.9. The van der Waals surface area contributed by atoms with Gasteiger partial charge in [0.15, 0.2) is 0 Å². The molecule has 1 aromatic carbocycles. The highest BCUT2D eigenvalue weighted by Crippen LogP contribution is 2.22. The molecule has 2 aromatic rings. The average Bonchev–Trinajstić information content (AvgIpc) is 2.83. The van der Waals surface area contributed by atoms with E-state index >= 15 is 0 Å². The fourth-order valence-corrected chi connectivity index (χ4v) is 5.40. The normalized spacial score (nSPS) is 16.2. The number of nitrogens with zero attached hydrogens (tertiary/aromatic N) is 3. The molecule has 1 heterocycles. The highest BCUT2D eigenvalue weighted by molar-refractivity contribution is 7.92. The lowest BCUT2D eigenvalue weighted by molar-refractivity contribution is -0.119. The lowest BCUT2D eigenvalue weighted by Crippen LogP contribution is -2.39. The van der Waals surface area contributed by atoms with Gasteiger partial charge in [0.1, 0.15) is 6.54 Å². The van der Waals surface area contributed by atoms with Crippen LogP contribution in [0.25, 0.3) is 0 Å². The number of sulfonamides is 1. The highest BCUT2D eigenvalue weighted by atomic mass is 32.2. The molecule has 1 aromatic heterocycles. The molecule has 0 radical (unpaired) electrons. The number of hydrogen-bond donors (Lipinski definition) is 1. The van der Waals surface area contributed by atoms with Crippen molar-refractivity contribution in [2.45, 2.75) is 75.5 Å². The van der Waals surface area contributed by atoms with Crippen LogP contribution in [0.1, 0.15) is 70.6 Å². The summed E-state index contributed by atoms with van der Waals surface area (Å²) in [6.07, 6.45) is 15.6. The summed E-state index contributed by atoms with van der Waals surface area (Å²) in [5.41, 5.74) is 3.93. The standard InChI is InChI=1S/C25H34N4O3S/c30-25(28-27-22-14-9-6-4-2-1-3-5-7-10-15-22)21-29(23-16-13-19-26-20-23)33(31,32)24-17-11-8-12-18-24/h8,11-13,16-20H,1-7,9-10,14-15,21H2,(H,28,30). The Kier molecular flexibility index (Phi) is 9.87. The van der Waals surface area contributed by atoms with Crippen LogP contribution in [0.2, 0.25) is 0 Å². The molecule has 8 heteroatoms. The molecule has 3 rings (SSSR count). The molecule has 0 spiro atoms. The van der Waals surface area contributed by atoms with Crippen LogP contribution in [-0.2, 0) is 14.8 Å². The minimum Gasteiger partial charge on any atom is -0.271 e. The second kappa shape index (κ2) is 13.1. The molecule has 178 valence electrons. The molecule has 1 fully saturated rings. The zero-order chi connectivity index (χ0) is 23.4. The van der Waals surface area contributed by atoms with Crippen molar-refractivity contribution in [3.05, 3.63) is 54.9 Å². The zero-order valence-electron chi connectivity index (χ0n) is 19.2. The van der Waals surface area contributed by atoms with Crippen molar-refractivity contribution in [3.8, 4) is 0 Å². The molecule has 1 aliphatic rings. The molecular formula is C25H34N4O3S. The summed E-state index contributed by atoms with van der Waals surface area (Å²) in [5.74, 6) is -0.475. The maximum atomic E-state index is 13.3. The fraction of sp³-hybridized carbons (Fsp3) is 0.480.